The van der Waals surface area contributed by atoms with Gasteiger partial charge in [0.15, 0.2) is 11.5 Å². The van der Waals surface area contributed by atoms with E-state index in [1.165, 1.54) is 24.1 Å². The molecule has 216 valence electrons. The van der Waals surface area contributed by atoms with Crippen LogP contribution in [0.3, 0.4) is 0 Å². The first kappa shape index (κ1) is 27.4. The van der Waals surface area contributed by atoms with Crippen LogP contribution in [0.1, 0.15) is 66.7 Å². The molecule has 2 aromatic rings. The third-order valence-corrected chi connectivity index (χ3v) is 10.6. The molecule has 5 aliphatic carbocycles. The van der Waals surface area contributed by atoms with Gasteiger partial charge in [-0.1, -0.05) is 6.07 Å². The molecule has 0 saturated heterocycles. The summed E-state index contributed by atoms with van der Waals surface area (Å²) in [6.07, 6.45) is 10.0. The summed E-state index contributed by atoms with van der Waals surface area (Å²) >= 11 is 1.72. The molecule has 1 N–H and O–H groups in total. The van der Waals surface area contributed by atoms with Crippen LogP contribution in [-0.4, -0.2) is 60.6 Å². The Labute approximate surface area is 242 Å². The predicted octanol–water partition coefficient (Wildman–Crippen LogP) is 5.79. The first-order chi connectivity index (χ1) is 19.3. The van der Waals surface area contributed by atoms with Crippen molar-refractivity contribution in [3.05, 3.63) is 45.6 Å². The molecule has 0 aliphatic heterocycles. The van der Waals surface area contributed by atoms with Crippen LogP contribution >= 0.6 is 11.3 Å². The monoisotopic (exact) mass is 565 g/mol. The smallest absolute Gasteiger partial charge is 0.318 e. The molecule has 1 aromatic carbocycles. The first-order valence-electron chi connectivity index (χ1n) is 15.0. The van der Waals surface area contributed by atoms with Crippen molar-refractivity contribution in [1.82, 2.24) is 15.1 Å². The van der Waals surface area contributed by atoms with E-state index in [0.29, 0.717) is 31.0 Å². The maximum atomic E-state index is 13.9. The van der Waals surface area contributed by atoms with Crippen LogP contribution in [-0.2, 0) is 17.8 Å². The van der Waals surface area contributed by atoms with Crippen LogP contribution in [0.4, 0.5) is 4.79 Å². The zero-order valence-electron chi connectivity index (χ0n) is 24.1. The van der Waals surface area contributed by atoms with E-state index in [1.807, 2.05) is 28.0 Å². The van der Waals surface area contributed by atoms with Crippen molar-refractivity contribution in [2.45, 2.75) is 82.8 Å². The summed E-state index contributed by atoms with van der Waals surface area (Å²) in [4.78, 5) is 33.8. The summed E-state index contributed by atoms with van der Waals surface area (Å²) in [6.45, 7) is 3.35. The molecule has 1 aromatic heterocycles. The van der Waals surface area contributed by atoms with Crippen molar-refractivity contribution in [3.8, 4) is 11.5 Å². The number of benzene rings is 1. The zero-order chi connectivity index (χ0) is 27.9. The average molecular weight is 566 g/mol. The number of carbonyl (C=O) groups is 2. The molecule has 5 fully saturated rings. The minimum absolute atomic E-state index is 0.0130. The Morgan fingerprint density at radius 2 is 1.65 bits per heavy atom. The second kappa shape index (κ2) is 11.3. The van der Waals surface area contributed by atoms with Crippen LogP contribution < -0.4 is 14.8 Å². The lowest BCUT2D eigenvalue weighted by atomic mass is 9.53. The maximum Gasteiger partial charge on any atom is 0.318 e. The fourth-order valence-corrected chi connectivity index (χ4v) is 8.82. The van der Waals surface area contributed by atoms with Gasteiger partial charge in [0.25, 0.3) is 0 Å². The highest BCUT2D eigenvalue weighted by Crippen LogP contribution is 2.55. The second-order valence-corrected chi connectivity index (χ2v) is 14.1. The van der Waals surface area contributed by atoms with E-state index in [2.05, 4.69) is 24.4 Å². The van der Waals surface area contributed by atoms with Gasteiger partial charge in [-0.15, -0.1) is 11.3 Å². The lowest BCUT2D eigenvalue weighted by Gasteiger charge is -2.57. The predicted molar refractivity (Wildman–Crippen MR) is 157 cm³/mol. The number of carbonyl (C=O) groups excluding carboxylic acids is 2. The van der Waals surface area contributed by atoms with Gasteiger partial charge in [-0.3, -0.25) is 4.79 Å². The van der Waals surface area contributed by atoms with Crippen LogP contribution in [0.5, 0.6) is 11.5 Å². The van der Waals surface area contributed by atoms with E-state index in [4.69, 9.17) is 9.47 Å². The molecule has 0 unspecified atom stereocenters. The Kier molecular flexibility index (Phi) is 7.73. The van der Waals surface area contributed by atoms with Gasteiger partial charge in [0.2, 0.25) is 5.91 Å². The Morgan fingerprint density at radius 1 is 0.975 bits per heavy atom. The van der Waals surface area contributed by atoms with E-state index >= 15 is 0 Å². The molecule has 8 heteroatoms. The van der Waals surface area contributed by atoms with Crippen LogP contribution in [0.2, 0.25) is 0 Å². The van der Waals surface area contributed by atoms with Crippen molar-refractivity contribution in [1.29, 1.82) is 0 Å². The number of thiophene rings is 1. The standard InChI is InChI=1S/C32H43N3O4S/c1-21-4-8-27(40-21)19-34(11-10-22-5-9-28(38-2)29(15-22)39-3)30(36)20-35(26-6-7-26)31(37)33-32-16-23-12-24(17-32)14-25(13-23)18-32/h4-5,8-9,15,23-26H,6-7,10-14,16-20H2,1-3H3,(H,33,37). The number of hydrogen-bond acceptors (Lipinski definition) is 5. The molecule has 1 heterocycles. The highest BCUT2D eigenvalue weighted by Gasteiger charge is 2.52. The average Bonchev–Trinajstić information content (AvgIpc) is 3.68. The second-order valence-electron chi connectivity index (χ2n) is 12.8. The summed E-state index contributed by atoms with van der Waals surface area (Å²) in [5.41, 5.74) is 1.03. The number of methoxy groups -OCH3 is 2. The normalized spacial score (nSPS) is 26.4. The van der Waals surface area contributed by atoms with Gasteiger partial charge in [0.05, 0.1) is 20.8 Å². The van der Waals surface area contributed by atoms with Crippen molar-refractivity contribution in [2.24, 2.45) is 17.8 Å². The van der Waals surface area contributed by atoms with Gasteiger partial charge in [-0.25, -0.2) is 4.79 Å². The van der Waals surface area contributed by atoms with Gasteiger partial charge < -0.3 is 24.6 Å². The van der Waals surface area contributed by atoms with Gasteiger partial charge >= 0.3 is 6.03 Å². The van der Waals surface area contributed by atoms with Crippen LogP contribution in [0.15, 0.2) is 30.3 Å². The minimum atomic E-state index is -0.0520. The van der Waals surface area contributed by atoms with E-state index in [0.717, 1.165) is 60.3 Å². The molecule has 5 aliphatic rings. The SMILES string of the molecule is COc1ccc(CCN(Cc2ccc(C)s2)C(=O)CN(C(=O)NC23CC4CC(CC(C4)C2)C3)C2CC2)cc1OC. The number of nitrogens with one attached hydrogen (secondary N) is 1. The maximum absolute atomic E-state index is 13.9. The third-order valence-electron chi connectivity index (χ3n) is 9.58. The molecule has 5 saturated carbocycles. The summed E-state index contributed by atoms with van der Waals surface area (Å²) in [5.74, 6) is 3.70. The molecule has 40 heavy (non-hydrogen) atoms. The van der Waals surface area contributed by atoms with E-state index in [9.17, 15) is 9.59 Å². The number of aryl methyl sites for hydroxylation is 1. The Morgan fingerprint density at radius 3 is 2.23 bits per heavy atom. The number of amides is 3. The van der Waals surface area contributed by atoms with Crippen LogP contribution in [0.25, 0.3) is 0 Å². The largest absolute Gasteiger partial charge is 0.493 e. The molecule has 3 amide bonds. The lowest BCUT2D eigenvalue weighted by molar-refractivity contribution is -0.132. The fraction of sp³-hybridized carbons (Fsp3) is 0.625. The van der Waals surface area contributed by atoms with E-state index in [1.54, 1.807) is 25.6 Å². The molecule has 7 rings (SSSR count). The summed E-state index contributed by atoms with van der Waals surface area (Å²) < 4.78 is 10.9. The van der Waals surface area contributed by atoms with Gasteiger partial charge in [0.1, 0.15) is 6.54 Å². The third kappa shape index (κ3) is 5.97. The first-order valence-corrected chi connectivity index (χ1v) is 15.8. The highest BCUT2D eigenvalue weighted by atomic mass is 32.1. The minimum Gasteiger partial charge on any atom is -0.493 e. The van der Waals surface area contributed by atoms with Gasteiger partial charge in [-0.2, -0.15) is 0 Å². The topological polar surface area (TPSA) is 71.1 Å². The Bertz CT molecular complexity index is 1200. The van der Waals surface area contributed by atoms with Crippen LogP contribution in [0, 0.1) is 24.7 Å². The van der Waals surface area contributed by atoms with Crippen molar-refractivity contribution < 1.29 is 19.1 Å². The molecular weight excluding hydrogens is 522 g/mol. The summed E-state index contributed by atoms with van der Waals surface area (Å²) in [7, 11) is 3.27. The summed E-state index contributed by atoms with van der Waals surface area (Å²) in [6, 6.07) is 10.3. The van der Waals surface area contributed by atoms with Crippen molar-refractivity contribution in [3.63, 3.8) is 0 Å². The zero-order valence-corrected chi connectivity index (χ0v) is 24.9. The fourth-order valence-electron chi connectivity index (χ4n) is 7.91. The van der Waals surface area contributed by atoms with E-state index in [-0.39, 0.29) is 30.1 Å². The highest BCUT2D eigenvalue weighted by molar-refractivity contribution is 7.11. The number of ether oxygens (including phenoxy) is 2. The molecule has 4 bridgehead atoms. The molecule has 0 atom stereocenters. The molecule has 7 nitrogen and oxygen atoms in total. The van der Waals surface area contributed by atoms with E-state index < -0.39 is 0 Å². The lowest BCUT2D eigenvalue weighted by Crippen LogP contribution is -2.62. The Hall–Kier alpha value is -2.74. The molecule has 0 spiro atoms. The number of rotatable bonds is 11. The molecule has 0 radical (unpaired) electrons. The Balaban J connectivity index is 1.15. The quantitative estimate of drug-likeness (QED) is 0.375. The summed E-state index contributed by atoms with van der Waals surface area (Å²) in [5, 5.41) is 3.52. The number of urea groups is 1. The van der Waals surface area contributed by atoms with Gasteiger partial charge in [0, 0.05) is 27.9 Å². The van der Waals surface area contributed by atoms with Gasteiger partial charge in [-0.05, 0) is 112 Å². The van der Waals surface area contributed by atoms with Crippen molar-refractivity contribution >= 4 is 23.3 Å². The van der Waals surface area contributed by atoms with Crippen molar-refractivity contribution in [2.75, 3.05) is 27.3 Å². The molecular formula is C32H43N3O4S. The number of hydrogen-bond donors (Lipinski definition) is 1. The number of nitrogens with zero attached hydrogens (tertiary/aromatic N) is 2.